The summed E-state index contributed by atoms with van der Waals surface area (Å²) in [6.07, 6.45) is 1.46. The summed E-state index contributed by atoms with van der Waals surface area (Å²) in [5.74, 6) is 0. The summed E-state index contributed by atoms with van der Waals surface area (Å²) in [6.45, 7) is 8.33. The molecule has 0 bridgehead atoms. The van der Waals surface area contributed by atoms with E-state index in [-0.39, 0.29) is 0 Å². The number of rotatable bonds is 5. The summed E-state index contributed by atoms with van der Waals surface area (Å²) in [5, 5.41) is 3.59. The van der Waals surface area contributed by atoms with Crippen LogP contribution in [0.2, 0.25) is 0 Å². The fourth-order valence-corrected chi connectivity index (χ4v) is 3.31. The quantitative estimate of drug-likeness (QED) is 0.883. The molecule has 3 nitrogen and oxygen atoms in total. The summed E-state index contributed by atoms with van der Waals surface area (Å²) in [4.78, 5) is 5.20. The second-order valence-corrected chi connectivity index (χ2v) is 6.65. The molecule has 0 aliphatic carbocycles. The topological polar surface area (TPSA) is 24.5 Å². The van der Waals surface area contributed by atoms with Gasteiger partial charge in [-0.05, 0) is 39.4 Å². The number of morpholine rings is 1. The molecule has 1 N–H and O–H groups in total. The molecule has 4 heteroatoms. The van der Waals surface area contributed by atoms with E-state index < -0.39 is 0 Å². The standard InChI is InChI=1S/C14H24N2OS/c1-11(8-14-5-4-12(2)18-14)15-9-13-10-16(3)6-7-17-13/h4-5,11,13,15H,6-10H2,1-3H3. The van der Waals surface area contributed by atoms with E-state index in [0.717, 1.165) is 32.7 Å². The minimum Gasteiger partial charge on any atom is -0.374 e. The minimum absolute atomic E-state index is 0.344. The molecule has 1 aromatic rings. The normalized spacial score (nSPS) is 23.2. The summed E-state index contributed by atoms with van der Waals surface area (Å²) in [6, 6.07) is 4.95. The van der Waals surface area contributed by atoms with E-state index in [9.17, 15) is 0 Å². The Morgan fingerprint density at radius 3 is 3.06 bits per heavy atom. The summed E-state index contributed by atoms with van der Waals surface area (Å²) < 4.78 is 5.75. The number of likely N-dealkylation sites (N-methyl/N-ethyl adjacent to an activating group) is 1. The van der Waals surface area contributed by atoms with Gasteiger partial charge in [0.1, 0.15) is 0 Å². The molecule has 2 rings (SSSR count). The molecule has 1 fully saturated rings. The van der Waals surface area contributed by atoms with Gasteiger partial charge in [0.15, 0.2) is 0 Å². The lowest BCUT2D eigenvalue weighted by atomic mass is 10.2. The minimum atomic E-state index is 0.344. The van der Waals surface area contributed by atoms with E-state index in [0.29, 0.717) is 12.1 Å². The molecule has 0 aromatic carbocycles. The van der Waals surface area contributed by atoms with Crippen molar-refractivity contribution < 1.29 is 4.74 Å². The predicted molar refractivity (Wildman–Crippen MR) is 77.5 cm³/mol. The number of hydrogen-bond donors (Lipinski definition) is 1. The first-order valence-corrected chi connectivity index (χ1v) is 7.54. The molecule has 2 atom stereocenters. The van der Waals surface area contributed by atoms with Crippen molar-refractivity contribution in [3.63, 3.8) is 0 Å². The largest absolute Gasteiger partial charge is 0.374 e. The zero-order valence-electron chi connectivity index (χ0n) is 11.6. The molecule has 0 amide bonds. The third-order valence-electron chi connectivity index (χ3n) is 3.34. The van der Waals surface area contributed by atoms with Crippen LogP contribution in [-0.4, -0.2) is 50.3 Å². The highest BCUT2D eigenvalue weighted by atomic mass is 32.1. The monoisotopic (exact) mass is 268 g/mol. The lowest BCUT2D eigenvalue weighted by Gasteiger charge is -2.31. The van der Waals surface area contributed by atoms with Crippen LogP contribution < -0.4 is 5.32 Å². The number of hydrogen-bond acceptors (Lipinski definition) is 4. The van der Waals surface area contributed by atoms with Gasteiger partial charge >= 0.3 is 0 Å². The molecule has 0 radical (unpaired) electrons. The van der Waals surface area contributed by atoms with Crippen LogP contribution in [-0.2, 0) is 11.2 Å². The molecule has 1 aliphatic heterocycles. The average Bonchev–Trinajstić information content (AvgIpc) is 2.72. The van der Waals surface area contributed by atoms with E-state index in [1.807, 2.05) is 11.3 Å². The molecule has 0 saturated carbocycles. The van der Waals surface area contributed by atoms with E-state index in [2.05, 4.69) is 43.2 Å². The van der Waals surface area contributed by atoms with Crippen LogP contribution in [0.1, 0.15) is 16.7 Å². The number of thiophene rings is 1. The lowest BCUT2D eigenvalue weighted by Crippen LogP contribution is -2.46. The molecule has 102 valence electrons. The maximum atomic E-state index is 5.75. The van der Waals surface area contributed by atoms with Crippen molar-refractivity contribution in [1.29, 1.82) is 0 Å². The Hall–Kier alpha value is -0.420. The first-order chi connectivity index (χ1) is 8.63. The first-order valence-electron chi connectivity index (χ1n) is 6.72. The third kappa shape index (κ3) is 4.35. The Morgan fingerprint density at radius 2 is 2.39 bits per heavy atom. The Labute approximate surface area is 114 Å². The molecule has 1 saturated heterocycles. The molecule has 2 unspecified atom stereocenters. The maximum absolute atomic E-state index is 5.75. The van der Waals surface area contributed by atoms with Gasteiger partial charge in [0, 0.05) is 35.4 Å². The summed E-state index contributed by atoms with van der Waals surface area (Å²) in [5.41, 5.74) is 0. The third-order valence-corrected chi connectivity index (χ3v) is 4.36. The highest BCUT2D eigenvalue weighted by Gasteiger charge is 2.18. The SMILES string of the molecule is Cc1ccc(CC(C)NCC2CN(C)CCO2)s1. The fourth-order valence-electron chi connectivity index (χ4n) is 2.29. The smallest absolute Gasteiger partial charge is 0.0826 e. The van der Waals surface area contributed by atoms with Gasteiger partial charge in [-0.2, -0.15) is 0 Å². The van der Waals surface area contributed by atoms with Gasteiger partial charge in [-0.25, -0.2) is 0 Å². The highest BCUT2D eigenvalue weighted by Crippen LogP contribution is 2.16. The van der Waals surface area contributed by atoms with Gasteiger partial charge in [-0.1, -0.05) is 0 Å². The predicted octanol–water partition coefficient (Wildman–Crippen LogP) is 1.91. The highest BCUT2D eigenvalue weighted by molar-refractivity contribution is 7.11. The van der Waals surface area contributed by atoms with Crippen LogP contribution in [0.5, 0.6) is 0 Å². The summed E-state index contributed by atoms with van der Waals surface area (Å²) >= 11 is 1.90. The van der Waals surface area contributed by atoms with Gasteiger partial charge < -0.3 is 15.0 Å². The maximum Gasteiger partial charge on any atom is 0.0826 e. The van der Waals surface area contributed by atoms with Crippen LogP contribution in [0.3, 0.4) is 0 Å². The van der Waals surface area contributed by atoms with Crippen LogP contribution >= 0.6 is 11.3 Å². The second-order valence-electron chi connectivity index (χ2n) is 5.28. The summed E-state index contributed by atoms with van der Waals surface area (Å²) in [7, 11) is 2.16. The van der Waals surface area contributed by atoms with Crippen LogP contribution in [0.4, 0.5) is 0 Å². The lowest BCUT2D eigenvalue weighted by molar-refractivity contribution is -0.0190. The van der Waals surface area contributed by atoms with Crippen molar-refractivity contribution in [2.75, 3.05) is 33.3 Å². The zero-order valence-corrected chi connectivity index (χ0v) is 12.4. The van der Waals surface area contributed by atoms with Gasteiger partial charge in [-0.15, -0.1) is 11.3 Å². The number of ether oxygens (including phenoxy) is 1. The van der Waals surface area contributed by atoms with Gasteiger partial charge in [-0.3, -0.25) is 0 Å². The van der Waals surface area contributed by atoms with E-state index >= 15 is 0 Å². The van der Waals surface area contributed by atoms with Gasteiger partial charge in [0.25, 0.3) is 0 Å². The van der Waals surface area contributed by atoms with Crippen molar-refractivity contribution in [1.82, 2.24) is 10.2 Å². The Bertz CT molecular complexity index is 366. The van der Waals surface area contributed by atoms with E-state index in [1.165, 1.54) is 9.75 Å². The van der Waals surface area contributed by atoms with Crippen molar-refractivity contribution in [2.24, 2.45) is 0 Å². The fraction of sp³-hybridized carbons (Fsp3) is 0.714. The number of nitrogens with one attached hydrogen (secondary N) is 1. The average molecular weight is 268 g/mol. The zero-order chi connectivity index (χ0) is 13.0. The molecule has 0 spiro atoms. The molecular weight excluding hydrogens is 244 g/mol. The van der Waals surface area contributed by atoms with Crippen molar-refractivity contribution in [2.45, 2.75) is 32.4 Å². The van der Waals surface area contributed by atoms with E-state index in [4.69, 9.17) is 4.74 Å². The molecule has 18 heavy (non-hydrogen) atoms. The molecular formula is C14H24N2OS. The first kappa shape index (κ1) is 14.0. The second kappa shape index (κ2) is 6.66. The molecule has 1 aliphatic rings. The Kier molecular flexibility index (Phi) is 5.18. The van der Waals surface area contributed by atoms with Crippen LogP contribution in [0.15, 0.2) is 12.1 Å². The van der Waals surface area contributed by atoms with Gasteiger partial charge in [0.05, 0.1) is 12.7 Å². The van der Waals surface area contributed by atoms with Crippen molar-refractivity contribution >= 4 is 11.3 Å². The van der Waals surface area contributed by atoms with Crippen LogP contribution in [0, 0.1) is 6.92 Å². The van der Waals surface area contributed by atoms with E-state index in [1.54, 1.807) is 0 Å². The van der Waals surface area contributed by atoms with Crippen LogP contribution in [0.25, 0.3) is 0 Å². The van der Waals surface area contributed by atoms with Crippen molar-refractivity contribution in [3.8, 4) is 0 Å². The number of nitrogens with zero attached hydrogens (tertiary/aromatic N) is 1. The Morgan fingerprint density at radius 1 is 1.56 bits per heavy atom. The Balaban J connectivity index is 1.69. The molecule has 1 aromatic heterocycles. The molecule has 2 heterocycles. The van der Waals surface area contributed by atoms with Crippen molar-refractivity contribution in [3.05, 3.63) is 21.9 Å². The van der Waals surface area contributed by atoms with Gasteiger partial charge in [0.2, 0.25) is 0 Å². The number of aryl methyl sites for hydroxylation is 1.